The van der Waals surface area contributed by atoms with Crippen LogP contribution in [0.4, 0.5) is 0 Å². The topological polar surface area (TPSA) is 90.2 Å². The molecule has 1 aromatic carbocycles. The van der Waals surface area contributed by atoms with E-state index in [0.29, 0.717) is 37.6 Å². The summed E-state index contributed by atoms with van der Waals surface area (Å²) in [4.78, 5) is 13.8. The van der Waals surface area contributed by atoms with Gasteiger partial charge in [0.05, 0.1) is 34.9 Å². The van der Waals surface area contributed by atoms with Crippen molar-refractivity contribution in [2.45, 2.75) is 43.0 Å². The summed E-state index contributed by atoms with van der Waals surface area (Å²) in [6.45, 7) is 8.26. The van der Waals surface area contributed by atoms with Crippen LogP contribution in [0.3, 0.4) is 0 Å². The molecule has 8 nitrogen and oxygen atoms in total. The highest BCUT2D eigenvalue weighted by Gasteiger charge is 2.27. The summed E-state index contributed by atoms with van der Waals surface area (Å²) in [5.41, 5.74) is 2.56. The third-order valence-corrected chi connectivity index (χ3v) is 7.82. The second-order valence-corrected chi connectivity index (χ2v) is 10.1. The average Bonchev–Trinajstić information content (AvgIpc) is 3.09. The number of ether oxygens (including phenoxy) is 1. The van der Waals surface area contributed by atoms with Crippen molar-refractivity contribution in [1.82, 2.24) is 23.8 Å². The molecule has 0 saturated carbocycles. The van der Waals surface area contributed by atoms with E-state index in [-0.39, 0.29) is 4.90 Å². The number of fused-ring (bicyclic) bond motifs is 1. The van der Waals surface area contributed by atoms with Crippen molar-refractivity contribution in [1.29, 1.82) is 0 Å². The Morgan fingerprint density at radius 2 is 1.87 bits per heavy atom. The van der Waals surface area contributed by atoms with Crippen LogP contribution >= 0.6 is 11.8 Å². The molecule has 3 heterocycles. The van der Waals surface area contributed by atoms with E-state index >= 15 is 0 Å². The molecule has 30 heavy (non-hydrogen) atoms. The molecule has 1 aliphatic heterocycles. The zero-order valence-electron chi connectivity index (χ0n) is 17.3. The molecule has 0 unspecified atom stereocenters. The van der Waals surface area contributed by atoms with Gasteiger partial charge >= 0.3 is 0 Å². The van der Waals surface area contributed by atoms with E-state index in [1.165, 1.54) is 4.31 Å². The van der Waals surface area contributed by atoms with Gasteiger partial charge in [-0.3, -0.25) is 0 Å². The molecule has 0 atom stereocenters. The van der Waals surface area contributed by atoms with Gasteiger partial charge in [0.15, 0.2) is 0 Å². The number of thioether (sulfide) groups is 1. The fourth-order valence-electron chi connectivity index (χ4n) is 3.61. The van der Waals surface area contributed by atoms with Gasteiger partial charge in [0, 0.05) is 25.3 Å². The van der Waals surface area contributed by atoms with Crippen molar-refractivity contribution in [3.05, 3.63) is 41.6 Å². The molecule has 160 valence electrons. The summed E-state index contributed by atoms with van der Waals surface area (Å²) in [5, 5.41) is 0.908. The quantitative estimate of drug-likeness (QED) is 0.424. The van der Waals surface area contributed by atoms with E-state index in [2.05, 4.69) is 21.5 Å². The predicted octanol–water partition coefficient (Wildman–Crippen LogP) is 2.78. The number of nitrogens with zero attached hydrogens (tertiary/aromatic N) is 5. The van der Waals surface area contributed by atoms with Crippen molar-refractivity contribution >= 4 is 32.8 Å². The first-order valence-electron chi connectivity index (χ1n) is 9.90. The summed E-state index contributed by atoms with van der Waals surface area (Å²) in [6.07, 6.45) is 0. The molecule has 0 aliphatic carbocycles. The number of rotatable bonds is 6. The zero-order valence-corrected chi connectivity index (χ0v) is 19.0. The molecule has 0 bridgehead atoms. The normalized spacial score (nSPS) is 15.7. The molecule has 1 fully saturated rings. The van der Waals surface area contributed by atoms with Crippen LogP contribution in [0.5, 0.6) is 0 Å². The molecular weight excluding hydrogens is 422 g/mol. The lowest BCUT2D eigenvalue weighted by atomic mass is 10.3. The minimum absolute atomic E-state index is 0.277. The lowest BCUT2D eigenvalue weighted by Crippen LogP contribution is -2.40. The number of aryl methyl sites for hydroxylation is 3. The van der Waals surface area contributed by atoms with Crippen LogP contribution in [0.2, 0.25) is 0 Å². The number of sulfonamides is 1. The largest absolute Gasteiger partial charge is 0.379 e. The van der Waals surface area contributed by atoms with Gasteiger partial charge in [-0.25, -0.2) is 23.4 Å². The van der Waals surface area contributed by atoms with Crippen LogP contribution < -0.4 is 0 Å². The van der Waals surface area contributed by atoms with Gasteiger partial charge < -0.3 is 9.30 Å². The summed E-state index contributed by atoms with van der Waals surface area (Å²) in [6, 6.07) is 7.17. The Bertz CT molecular complexity index is 1150. The Hall–Kier alpha value is -2.01. The van der Waals surface area contributed by atoms with E-state index in [4.69, 9.17) is 9.72 Å². The molecule has 10 heteroatoms. The SMILES string of the molecule is CCn1c(CSc2cc(C)nc(C)n2)nc2cc(S(=O)(=O)N3CCOCC3)ccc21. The number of hydrogen-bond acceptors (Lipinski definition) is 7. The van der Waals surface area contributed by atoms with Crippen LogP contribution in [-0.2, 0) is 27.1 Å². The van der Waals surface area contributed by atoms with E-state index < -0.39 is 10.0 Å². The Morgan fingerprint density at radius 1 is 1.10 bits per heavy atom. The van der Waals surface area contributed by atoms with Crippen molar-refractivity contribution in [3.8, 4) is 0 Å². The molecule has 4 rings (SSSR count). The minimum Gasteiger partial charge on any atom is -0.379 e. The van der Waals surface area contributed by atoms with Crippen LogP contribution in [0.1, 0.15) is 24.3 Å². The summed E-state index contributed by atoms with van der Waals surface area (Å²) in [7, 11) is -3.55. The summed E-state index contributed by atoms with van der Waals surface area (Å²) in [5.74, 6) is 2.29. The lowest BCUT2D eigenvalue weighted by molar-refractivity contribution is 0.0730. The van der Waals surface area contributed by atoms with Gasteiger partial charge in [-0.1, -0.05) is 11.8 Å². The Labute approximate surface area is 180 Å². The second kappa shape index (κ2) is 8.62. The summed E-state index contributed by atoms with van der Waals surface area (Å²) < 4.78 is 34.8. The van der Waals surface area contributed by atoms with E-state index in [9.17, 15) is 8.42 Å². The van der Waals surface area contributed by atoms with Gasteiger partial charge in [0.25, 0.3) is 0 Å². The zero-order chi connectivity index (χ0) is 21.3. The monoisotopic (exact) mass is 447 g/mol. The number of hydrogen-bond donors (Lipinski definition) is 0. The highest BCUT2D eigenvalue weighted by molar-refractivity contribution is 7.98. The highest BCUT2D eigenvalue weighted by Crippen LogP contribution is 2.27. The van der Waals surface area contributed by atoms with Crippen LogP contribution in [0.25, 0.3) is 11.0 Å². The van der Waals surface area contributed by atoms with E-state index in [1.54, 1.807) is 23.9 Å². The van der Waals surface area contributed by atoms with Gasteiger partial charge in [0.1, 0.15) is 16.7 Å². The standard InChI is InChI=1S/C20H25N5O3S2/c1-4-25-18-6-5-16(30(26,27)24-7-9-28-10-8-24)12-17(18)23-19(25)13-29-20-11-14(2)21-15(3)22-20/h5-6,11-12H,4,7-10,13H2,1-3H3. The Balaban J connectivity index is 1.63. The van der Waals surface area contributed by atoms with E-state index in [0.717, 1.165) is 34.4 Å². The fraction of sp³-hybridized carbons (Fsp3) is 0.450. The van der Waals surface area contributed by atoms with Crippen LogP contribution in [0.15, 0.2) is 34.2 Å². The van der Waals surface area contributed by atoms with Gasteiger partial charge in [-0.2, -0.15) is 4.31 Å². The van der Waals surface area contributed by atoms with E-state index in [1.807, 2.05) is 26.0 Å². The molecule has 0 N–H and O–H groups in total. The number of benzene rings is 1. The molecule has 1 saturated heterocycles. The molecule has 2 aromatic heterocycles. The smallest absolute Gasteiger partial charge is 0.243 e. The van der Waals surface area contributed by atoms with Crippen molar-refractivity contribution in [2.75, 3.05) is 26.3 Å². The molecular formula is C20H25N5O3S2. The van der Waals surface area contributed by atoms with Gasteiger partial charge in [-0.05, 0) is 45.0 Å². The molecule has 0 radical (unpaired) electrons. The Kier molecular flexibility index (Phi) is 6.10. The predicted molar refractivity (Wildman–Crippen MR) is 116 cm³/mol. The molecule has 1 aliphatic rings. The average molecular weight is 448 g/mol. The first-order valence-corrected chi connectivity index (χ1v) is 12.3. The number of aromatic nitrogens is 4. The van der Waals surface area contributed by atoms with Gasteiger partial charge in [0.2, 0.25) is 10.0 Å². The third-order valence-electron chi connectivity index (χ3n) is 5.01. The van der Waals surface area contributed by atoms with Crippen molar-refractivity contribution in [3.63, 3.8) is 0 Å². The maximum atomic E-state index is 13.0. The highest BCUT2D eigenvalue weighted by atomic mass is 32.2. The minimum atomic E-state index is -3.55. The molecule has 0 amide bonds. The first-order chi connectivity index (χ1) is 14.4. The summed E-state index contributed by atoms with van der Waals surface area (Å²) >= 11 is 1.60. The van der Waals surface area contributed by atoms with Crippen LogP contribution in [-0.4, -0.2) is 58.5 Å². The Morgan fingerprint density at radius 3 is 2.57 bits per heavy atom. The van der Waals surface area contributed by atoms with Crippen LogP contribution in [0, 0.1) is 13.8 Å². The first kappa shape index (κ1) is 21.2. The number of imidazole rings is 1. The van der Waals surface area contributed by atoms with Gasteiger partial charge in [-0.15, -0.1) is 0 Å². The second-order valence-electron chi connectivity index (χ2n) is 7.12. The lowest BCUT2D eigenvalue weighted by Gasteiger charge is -2.26. The fourth-order valence-corrected chi connectivity index (χ4v) is 5.99. The third kappa shape index (κ3) is 4.22. The van der Waals surface area contributed by atoms with Crippen molar-refractivity contribution < 1.29 is 13.2 Å². The number of morpholine rings is 1. The maximum absolute atomic E-state index is 13.0. The molecule has 0 spiro atoms. The maximum Gasteiger partial charge on any atom is 0.243 e. The van der Waals surface area contributed by atoms with Crippen molar-refractivity contribution in [2.24, 2.45) is 0 Å². The molecule has 3 aromatic rings.